The first-order valence-electron chi connectivity index (χ1n) is 9.28. The third-order valence-electron chi connectivity index (χ3n) is 5.54. The second-order valence-electron chi connectivity index (χ2n) is 8.02. The minimum atomic E-state index is -3.26. The number of benzene rings is 1. The van der Waals surface area contributed by atoms with Gasteiger partial charge < -0.3 is 10.2 Å². The van der Waals surface area contributed by atoms with Gasteiger partial charge in [0.2, 0.25) is 10.0 Å². The zero-order valence-electron chi connectivity index (χ0n) is 15.8. The fourth-order valence-corrected chi connectivity index (χ4v) is 4.85. The normalized spacial score (nSPS) is 20.0. The number of piperidine rings is 1. The van der Waals surface area contributed by atoms with Gasteiger partial charge in [0.1, 0.15) is 0 Å². The Morgan fingerprint density at radius 2 is 1.85 bits per heavy atom. The van der Waals surface area contributed by atoms with Gasteiger partial charge in [-0.1, -0.05) is 18.9 Å². The van der Waals surface area contributed by atoms with E-state index in [1.54, 1.807) is 4.90 Å². The molecule has 2 aliphatic rings. The molecule has 7 heteroatoms. The summed E-state index contributed by atoms with van der Waals surface area (Å²) in [5, 5.41) is 2.96. The first kappa shape index (κ1) is 19.2. The molecular formula is C19H29N3O3S. The van der Waals surface area contributed by atoms with Crippen LogP contribution in [0.15, 0.2) is 18.2 Å². The largest absolute Gasteiger partial charge is 0.324 e. The summed E-state index contributed by atoms with van der Waals surface area (Å²) in [5.41, 5.74) is 2.73. The summed E-state index contributed by atoms with van der Waals surface area (Å²) in [6, 6.07) is 5.76. The molecule has 3 rings (SSSR count). The molecule has 0 spiro atoms. The number of amides is 2. The standard InChI is InChI=1S/C19H29N3O3S/c1-14-4-7-17(12-15(14)2)20-18(23)22-10-8-19(9-11-22,13-16-5-6-16)21-26(3,24)25/h4,7,12,16,21H,5-6,8-11,13H2,1-3H3,(H,20,23). The van der Waals surface area contributed by atoms with Gasteiger partial charge in [-0.25, -0.2) is 17.9 Å². The van der Waals surface area contributed by atoms with Crippen molar-refractivity contribution in [1.29, 1.82) is 0 Å². The van der Waals surface area contributed by atoms with Crippen LogP contribution in [-0.2, 0) is 10.0 Å². The van der Waals surface area contributed by atoms with Crippen LogP contribution in [0.4, 0.5) is 10.5 Å². The van der Waals surface area contributed by atoms with Crippen molar-refractivity contribution in [3.05, 3.63) is 29.3 Å². The Bertz CT molecular complexity index is 779. The van der Waals surface area contributed by atoms with Crippen LogP contribution in [0.3, 0.4) is 0 Å². The lowest BCUT2D eigenvalue weighted by atomic mass is 9.84. The van der Waals surface area contributed by atoms with Crippen molar-refractivity contribution < 1.29 is 13.2 Å². The van der Waals surface area contributed by atoms with Gasteiger partial charge in [-0.05, 0) is 62.3 Å². The molecule has 1 aliphatic carbocycles. The van der Waals surface area contributed by atoms with E-state index in [4.69, 9.17) is 0 Å². The Morgan fingerprint density at radius 1 is 1.19 bits per heavy atom. The lowest BCUT2D eigenvalue weighted by Crippen LogP contribution is -2.56. The van der Waals surface area contributed by atoms with Gasteiger partial charge in [0.15, 0.2) is 0 Å². The summed E-state index contributed by atoms with van der Waals surface area (Å²) >= 11 is 0. The van der Waals surface area contributed by atoms with E-state index < -0.39 is 15.6 Å². The molecule has 0 aromatic heterocycles. The summed E-state index contributed by atoms with van der Waals surface area (Å²) in [5.74, 6) is 0.625. The highest BCUT2D eigenvalue weighted by molar-refractivity contribution is 7.88. The van der Waals surface area contributed by atoms with Crippen LogP contribution in [0.2, 0.25) is 0 Å². The highest BCUT2D eigenvalue weighted by Gasteiger charge is 2.42. The highest BCUT2D eigenvalue weighted by atomic mass is 32.2. The number of sulfonamides is 1. The maximum atomic E-state index is 12.6. The van der Waals surface area contributed by atoms with Crippen LogP contribution in [0.1, 0.15) is 43.2 Å². The zero-order valence-corrected chi connectivity index (χ0v) is 16.7. The Balaban J connectivity index is 1.61. The van der Waals surface area contributed by atoms with Gasteiger partial charge in [-0.15, -0.1) is 0 Å². The first-order valence-corrected chi connectivity index (χ1v) is 11.2. The molecule has 1 aromatic rings. The Labute approximate surface area is 156 Å². The number of rotatable bonds is 5. The van der Waals surface area contributed by atoms with E-state index in [-0.39, 0.29) is 6.03 Å². The smallest absolute Gasteiger partial charge is 0.321 e. The minimum Gasteiger partial charge on any atom is -0.324 e. The minimum absolute atomic E-state index is 0.118. The molecular weight excluding hydrogens is 350 g/mol. The van der Waals surface area contributed by atoms with Crippen molar-refractivity contribution in [3.8, 4) is 0 Å². The lowest BCUT2D eigenvalue weighted by Gasteiger charge is -2.42. The van der Waals surface area contributed by atoms with Gasteiger partial charge in [0, 0.05) is 24.3 Å². The molecule has 0 bridgehead atoms. The monoisotopic (exact) mass is 379 g/mol. The van der Waals surface area contributed by atoms with E-state index in [1.165, 1.54) is 24.7 Å². The Kier molecular flexibility index (Phi) is 5.30. The summed E-state index contributed by atoms with van der Waals surface area (Å²) in [7, 11) is -3.26. The summed E-state index contributed by atoms with van der Waals surface area (Å²) in [6.45, 7) is 5.19. The fraction of sp³-hybridized carbons (Fsp3) is 0.632. The SMILES string of the molecule is Cc1ccc(NC(=O)N2CCC(CC3CC3)(NS(C)(=O)=O)CC2)cc1C. The van der Waals surface area contributed by atoms with Crippen LogP contribution in [0, 0.1) is 19.8 Å². The molecule has 1 saturated heterocycles. The molecule has 26 heavy (non-hydrogen) atoms. The summed E-state index contributed by atoms with van der Waals surface area (Å²) in [4.78, 5) is 14.4. The van der Waals surface area contributed by atoms with Crippen molar-refractivity contribution in [3.63, 3.8) is 0 Å². The molecule has 2 amide bonds. The second-order valence-corrected chi connectivity index (χ2v) is 9.77. The number of nitrogens with zero attached hydrogens (tertiary/aromatic N) is 1. The number of anilines is 1. The first-order chi connectivity index (χ1) is 12.2. The van der Waals surface area contributed by atoms with Crippen LogP contribution in [-0.4, -0.2) is 44.2 Å². The molecule has 2 fully saturated rings. The van der Waals surface area contributed by atoms with Crippen molar-refractivity contribution in [2.24, 2.45) is 5.92 Å². The molecule has 0 radical (unpaired) electrons. The number of urea groups is 1. The van der Waals surface area contributed by atoms with E-state index >= 15 is 0 Å². The predicted octanol–water partition coefficient (Wildman–Crippen LogP) is 3.02. The third-order valence-corrected chi connectivity index (χ3v) is 6.35. The van der Waals surface area contributed by atoms with Crippen LogP contribution >= 0.6 is 0 Å². The molecule has 2 N–H and O–H groups in total. The number of nitrogens with one attached hydrogen (secondary N) is 2. The van der Waals surface area contributed by atoms with Gasteiger partial charge in [0.25, 0.3) is 0 Å². The van der Waals surface area contributed by atoms with Crippen LogP contribution < -0.4 is 10.0 Å². The quantitative estimate of drug-likeness (QED) is 0.825. The molecule has 1 aromatic carbocycles. The average molecular weight is 380 g/mol. The van der Waals surface area contributed by atoms with E-state index in [0.29, 0.717) is 31.8 Å². The number of carbonyl (C=O) groups is 1. The van der Waals surface area contributed by atoms with Crippen LogP contribution in [0.5, 0.6) is 0 Å². The van der Waals surface area contributed by atoms with Gasteiger partial charge in [-0.2, -0.15) is 0 Å². The third kappa shape index (κ3) is 4.98. The van der Waals surface area contributed by atoms with Gasteiger partial charge in [0.05, 0.1) is 6.26 Å². The zero-order chi connectivity index (χ0) is 18.9. The number of hydrogen-bond acceptors (Lipinski definition) is 3. The molecule has 6 nitrogen and oxygen atoms in total. The van der Waals surface area contributed by atoms with Crippen molar-refractivity contribution in [2.45, 2.75) is 51.5 Å². The van der Waals surface area contributed by atoms with E-state index in [0.717, 1.165) is 17.7 Å². The maximum absolute atomic E-state index is 12.6. The van der Waals surface area contributed by atoms with E-state index in [1.807, 2.05) is 32.0 Å². The van der Waals surface area contributed by atoms with E-state index in [2.05, 4.69) is 10.0 Å². The fourth-order valence-electron chi connectivity index (χ4n) is 3.78. The van der Waals surface area contributed by atoms with Crippen molar-refractivity contribution >= 4 is 21.7 Å². The highest BCUT2D eigenvalue weighted by Crippen LogP contribution is 2.41. The molecule has 144 valence electrons. The van der Waals surface area contributed by atoms with Gasteiger partial charge in [-0.3, -0.25) is 0 Å². The maximum Gasteiger partial charge on any atom is 0.321 e. The summed E-state index contributed by atoms with van der Waals surface area (Å²) < 4.78 is 26.5. The Hall–Kier alpha value is -1.60. The molecule has 0 unspecified atom stereocenters. The molecule has 1 heterocycles. The molecule has 1 aliphatic heterocycles. The number of likely N-dealkylation sites (tertiary alicyclic amines) is 1. The average Bonchev–Trinajstić information content (AvgIpc) is 3.33. The summed E-state index contributed by atoms with van der Waals surface area (Å²) in [6.07, 6.45) is 5.80. The van der Waals surface area contributed by atoms with Gasteiger partial charge >= 0.3 is 6.03 Å². The lowest BCUT2D eigenvalue weighted by molar-refractivity contribution is 0.154. The second kappa shape index (κ2) is 7.19. The van der Waals surface area contributed by atoms with Crippen molar-refractivity contribution in [2.75, 3.05) is 24.7 Å². The Morgan fingerprint density at radius 3 is 2.38 bits per heavy atom. The molecule has 1 saturated carbocycles. The van der Waals surface area contributed by atoms with E-state index in [9.17, 15) is 13.2 Å². The number of hydrogen-bond donors (Lipinski definition) is 2. The predicted molar refractivity (Wildman–Crippen MR) is 104 cm³/mol. The number of aryl methyl sites for hydroxylation is 2. The molecule has 0 atom stereocenters. The van der Waals surface area contributed by atoms with Crippen molar-refractivity contribution in [1.82, 2.24) is 9.62 Å². The van der Waals surface area contributed by atoms with Crippen LogP contribution in [0.25, 0.3) is 0 Å². The number of carbonyl (C=O) groups excluding carboxylic acids is 1. The topological polar surface area (TPSA) is 78.5 Å².